The standard InChI is InChI=1S/C19H13F2N3OS/c20-12-4-1-3-11(7-12)18-15-8-13(9-16(21)19(15)24-23-18)22-17(25)10-14-5-2-6-26-14/h1-9H,10H2,(H,22,25)(H,23,24). The van der Waals surface area contributed by atoms with Gasteiger partial charge in [-0.2, -0.15) is 5.10 Å². The number of nitrogens with zero attached hydrogens (tertiary/aromatic N) is 1. The molecule has 0 aliphatic carbocycles. The van der Waals surface area contributed by atoms with E-state index in [1.807, 2.05) is 17.5 Å². The molecule has 4 rings (SSSR count). The summed E-state index contributed by atoms with van der Waals surface area (Å²) in [4.78, 5) is 13.1. The summed E-state index contributed by atoms with van der Waals surface area (Å²) in [7, 11) is 0. The number of aromatic nitrogens is 2. The van der Waals surface area contributed by atoms with E-state index in [1.54, 1.807) is 18.2 Å². The molecule has 0 aliphatic heterocycles. The number of thiophene rings is 1. The number of carbonyl (C=O) groups excluding carboxylic acids is 1. The number of fused-ring (bicyclic) bond motifs is 1. The molecular formula is C19H13F2N3OS. The van der Waals surface area contributed by atoms with Gasteiger partial charge in [0.25, 0.3) is 0 Å². The summed E-state index contributed by atoms with van der Waals surface area (Å²) in [6.07, 6.45) is 0.222. The second kappa shape index (κ2) is 6.68. The van der Waals surface area contributed by atoms with Crippen molar-refractivity contribution in [3.8, 4) is 11.3 Å². The molecule has 0 radical (unpaired) electrons. The van der Waals surface area contributed by atoms with Gasteiger partial charge in [-0.15, -0.1) is 11.3 Å². The normalized spacial score (nSPS) is 11.0. The molecular weight excluding hydrogens is 356 g/mol. The lowest BCUT2D eigenvalue weighted by atomic mass is 10.1. The van der Waals surface area contributed by atoms with E-state index in [1.165, 1.54) is 29.5 Å². The molecule has 26 heavy (non-hydrogen) atoms. The summed E-state index contributed by atoms with van der Waals surface area (Å²) in [6.45, 7) is 0. The van der Waals surface area contributed by atoms with Gasteiger partial charge >= 0.3 is 0 Å². The molecule has 0 fully saturated rings. The molecule has 1 amide bonds. The minimum Gasteiger partial charge on any atom is -0.326 e. The van der Waals surface area contributed by atoms with Crippen LogP contribution in [0.1, 0.15) is 4.88 Å². The van der Waals surface area contributed by atoms with Crippen molar-refractivity contribution in [3.63, 3.8) is 0 Å². The van der Waals surface area contributed by atoms with Crippen molar-refractivity contribution in [2.24, 2.45) is 0 Å². The number of anilines is 1. The Balaban J connectivity index is 1.68. The lowest BCUT2D eigenvalue weighted by Crippen LogP contribution is -2.13. The maximum Gasteiger partial charge on any atom is 0.229 e. The zero-order chi connectivity index (χ0) is 18.1. The number of aromatic amines is 1. The first kappa shape index (κ1) is 16.4. The highest BCUT2D eigenvalue weighted by molar-refractivity contribution is 7.10. The first-order chi connectivity index (χ1) is 12.6. The van der Waals surface area contributed by atoms with Crippen molar-refractivity contribution in [3.05, 3.63) is 70.4 Å². The minimum absolute atomic E-state index is 0.139. The topological polar surface area (TPSA) is 57.8 Å². The fourth-order valence-electron chi connectivity index (χ4n) is 2.79. The lowest BCUT2D eigenvalue weighted by molar-refractivity contribution is -0.115. The second-order valence-electron chi connectivity index (χ2n) is 5.77. The third kappa shape index (κ3) is 3.21. The number of carbonyl (C=O) groups is 1. The number of hydrogen-bond donors (Lipinski definition) is 2. The zero-order valence-electron chi connectivity index (χ0n) is 13.4. The Morgan fingerprint density at radius 3 is 2.81 bits per heavy atom. The molecule has 4 nitrogen and oxygen atoms in total. The van der Waals surface area contributed by atoms with Crippen LogP contribution in [0.5, 0.6) is 0 Å². The van der Waals surface area contributed by atoms with E-state index in [2.05, 4.69) is 15.5 Å². The van der Waals surface area contributed by atoms with E-state index in [-0.39, 0.29) is 17.8 Å². The van der Waals surface area contributed by atoms with E-state index >= 15 is 0 Å². The first-order valence-corrected chi connectivity index (χ1v) is 8.74. The van der Waals surface area contributed by atoms with Crippen LogP contribution in [0, 0.1) is 11.6 Å². The highest BCUT2D eigenvalue weighted by Gasteiger charge is 2.15. The van der Waals surface area contributed by atoms with Crippen molar-refractivity contribution < 1.29 is 13.6 Å². The van der Waals surface area contributed by atoms with E-state index in [9.17, 15) is 13.6 Å². The van der Waals surface area contributed by atoms with Crippen LogP contribution in [0.25, 0.3) is 22.2 Å². The Bertz CT molecular complexity index is 1090. The fourth-order valence-corrected chi connectivity index (χ4v) is 3.49. The van der Waals surface area contributed by atoms with Crippen LogP contribution in [-0.2, 0) is 11.2 Å². The molecule has 130 valence electrons. The Morgan fingerprint density at radius 1 is 1.15 bits per heavy atom. The molecule has 0 unspecified atom stereocenters. The van der Waals surface area contributed by atoms with Gasteiger partial charge < -0.3 is 5.32 Å². The number of benzene rings is 2. The zero-order valence-corrected chi connectivity index (χ0v) is 14.2. The summed E-state index contributed by atoms with van der Waals surface area (Å²) in [5.74, 6) is -1.19. The molecule has 0 atom stereocenters. The molecule has 0 saturated carbocycles. The van der Waals surface area contributed by atoms with Crippen LogP contribution in [0.2, 0.25) is 0 Å². The van der Waals surface area contributed by atoms with E-state index in [4.69, 9.17) is 0 Å². The quantitative estimate of drug-likeness (QED) is 0.545. The van der Waals surface area contributed by atoms with Gasteiger partial charge in [-0.3, -0.25) is 9.89 Å². The van der Waals surface area contributed by atoms with Crippen molar-refractivity contribution in [1.82, 2.24) is 10.2 Å². The highest BCUT2D eigenvalue weighted by atomic mass is 32.1. The number of H-pyrrole nitrogens is 1. The molecule has 0 spiro atoms. The summed E-state index contributed by atoms with van der Waals surface area (Å²) in [6, 6.07) is 12.5. The van der Waals surface area contributed by atoms with Crippen molar-refractivity contribution in [2.75, 3.05) is 5.32 Å². The fraction of sp³-hybridized carbons (Fsp3) is 0.0526. The molecule has 7 heteroatoms. The van der Waals surface area contributed by atoms with Crippen molar-refractivity contribution >= 4 is 33.8 Å². The molecule has 0 bridgehead atoms. The van der Waals surface area contributed by atoms with Crippen LogP contribution < -0.4 is 5.32 Å². The minimum atomic E-state index is -0.562. The van der Waals surface area contributed by atoms with Crippen LogP contribution in [0.4, 0.5) is 14.5 Å². The molecule has 2 aromatic carbocycles. The summed E-state index contributed by atoms with van der Waals surface area (Å²) < 4.78 is 27.9. The monoisotopic (exact) mass is 369 g/mol. The van der Waals surface area contributed by atoms with Crippen LogP contribution >= 0.6 is 11.3 Å². The van der Waals surface area contributed by atoms with E-state index < -0.39 is 11.6 Å². The lowest BCUT2D eigenvalue weighted by Gasteiger charge is -2.06. The molecule has 2 N–H and O–H groups in total. The number of amides is 1. The van der Waals surface area contributed by atoms with Crippen LogP contribution in [0.3, 0.4) is 0 Å². The van der Waals surface area contributed by atoms with Crippen LogP contribution in [-0.4, -0.2) is 16.1 Å². The van der Waals surface area contributed by atoms with Crippen molar-refractivity contribution in [2.45, 2.75) is 6.42 Å². The molecule has 2 heterocycles. The molecule has 2 aromatic heterocycles. The number of hydrogen-bond acceptors (Lipinski definition) is 3. The summed E-state index contributed by atoms with van der Waals surface area (Å²) >= 11 is 1.48. The summed E-state index contributed by atoms with van der Waals surface area (Å²) in [5, 5.41) is 11.8. The maximum absolute atomic E-state index is 14.4. The van der Waals surface area contributed by atoms with E-state index in [0.717, 1.165) is 4.88 Å². The predicted molar refractivity (Wildman–Crippen MR) is 98.1 cm³/mol. The number of rotatable bonds is 4. The van der Waals surface area contributed by atoms with Gasteiger partial charge in [0.1, 0.15) is 11.3 Å². The highest BCUT2D eigenvalue weighted by Crippen LogP contribution is 2.30. The van der Waals surface area contributed by atoms with Gasteiger partial charge in [-0.1, -0.05) is 18.2 Å². The number of halogens is 2. The summed E-state index contributed by atoms with van der Waals surface area (Å²) in [5.41, 5.74) is 1.51. The molecule has 0 aliphatic rings. The van der Waals surface area contributed by atoms with Gasteiger partial charge in [0.15, 0.2) is 5.82 Å². The van der Waals surface area contributed by atoms with Gasteiger partial charge in [-0.05, 0) is 35.7 Å². The van der Waals surface area contributed by atoms with Gasteiger partial charge in [-0.25, -0.2) is 8.78 Å². The Hall–Kier alpha value is -3.06. The Labute approximate surface area is 151 Å². The maximum atomic E-state index is 14.4. The van der Waals surface area contributed by atoms with Crippen molar-refractivity contribution in [1.29, 1.82) is 0 Å². The number of nitrogens with one attached hydrogen (secondary N) is 2. The first-order valence-electron chi connectivity index (χ1n) is 7.86. The van der Waals surface area contributed by atoms with E-state index in [0.29, 0.717) is 22.3 Å². The molecule has 0 saturated heterocycles. The molecule has 4 aromatic rings. The average Bonchev–Trinajstić information content (AvgIpc) is 3.24. The van der Waals surface area contributed by atoms with Crippen LogP contribution in [0.15, 0.2) is 53.9 Å². The largest absolute Gasteiger partial charge is 0.326 e. The second-order valence-corrected chi connectivity index (χ2v) is 6.80. The SMILES string of the molecule is O=C(Cc1cccs1)Nc1cc(F)c2n[nH]c(-c3cccc(F)c3)c2c1. The average molecular weight is 369 g/mol. The third-order valence-electron chi connectivity index (χ3n) is 3.92. The Morgan fingerprint density at radius 2 is 2.04 bits per heavy atom. The smallest absolute Gasteiger partial charge is 0.229 e. The third-order valence-corrected chi connectivity index (χ3v) is 4.80. The van der Waals surface area contributed by atoms with Gasteiger partial charge in [0.05, 0.1) is 12.1 Å². The Kier molecular flexibility index (Phi) is 4.22. The predicted octanol–water partition coefficient (Wildman–Crippen LogP) is 4.75. The van der Waals surface area contributed by atoms with Gasteiger partial charge in [0.2, 0.25) is 5.91 Å². The van der Waals surface area contributed by atoms with Gasteiger partial charge in [0, 0.05) is 21.5 Å².